The molecule has 0 saturated heterocycles. The Morgan fingerprint density at radius 1 is 1.21 bits per heavy atom. The Morgan fingerprint density at radius 3 is 2.71 bits per heavy atom. The molecule has 1 aromatic heterocycles. The van der Waals surface area contributed by atoms with E-state index in [0.717, 1.165) is 33.5 Å². The number of aromatic amines is 1. The van der Waals surface area contributed by atoms with Crippen molar-refractivity contribution in [1.82, 2.24) is 4.98 Å². The second-order valence-electron chi connectivity index (χ2n) is 5.39. The molecule has 0 amide bonds. The summed E-state index contributed by atoms with van der Waals surface area (Å²) in [4.78, 5) is 14.7. The SMILES string of the molecule is CCOc1ccc2[nH]c(-c3ccccc3OC)c(CC(=O)O)c2c1. The van der Waals surface area contributed by atoms with E-state index in [1.165, 1.54) is 0 Å². The number of fused-ring (bicyclic) bond motifs is 1. The van der Waals surface area contributed by atoms with E-state index in [4.69, 9.17) is 9.47 Å². The number of aromatic nitrogens is 1. The number of hydrogen-bond donors (Lipinski definition) is 2. The average Bonchev–Trinajstić information content (AvgIpc) is 2.92. The number of ether oxygens (including phenoxy) is 2. The lowest BCUT2D eigenvalue weighted by Gasteiger charge is -2.08. The molecule has 2 aromatic carbocycles. The Hall–Kier alpha value is -2.95. The van der Waals surface area contributed by atoms with Crippen molar-refractivity contribution >= 4 is 16.9 Å². The molecule has 3 rings (SSSR count). The van der Waals surface area contributed by atoms with Gasteiger partial charge in [-0.3, -0.25) is 4.79 Å². The first-order chi connectivity index (χ1) is 11.6. The topological polar surface area (TPSA) is 71.5 Å². The van der Waals surface area contributed by atoms with Gasteiger partial charge in [0.2, 0.25) is 0 Å². The maximum absolute atomic E-state index is 11.4. The summed E-state index contributed by atoms with van der Waals surface area (Å²) < 4.78 is 11.0. The lowest BCUT2D eigenvalue weighted by Crippen LogP contribution is -2.01. The summed E-state index contributed by atoms with van der Waals surface area (Å²) in [7, 11) is 1.60. The van der Waals surface area contributed by atoms with Crippen LogP contribution in [0, 0.1) is 0 Å². The Morgan fingerprint density at radius 2 is 2.00 bits per heavy atom. The summed E-state index contributed by atoms with van der Waals surface area (Å²) >= 11 is 0. The Balaban J connectivity index is 2.24. The molecule has 24 heavy (non-hydrogen) atoms. The van der Waals surface area contributed by atoms with Gasteiger partial charge in [-0.1, -0.05) is 12.1 Å². The number of benzene rings is 2. The highest BCUT2D eigenvalue weighted by molar-refractivity contribution is 5.95. The van der Waals surface area contributed by atoms with Crippen LogP contribution in [0.4, 0.5) is 0 Å². The number of carbonyl (C=O) groups is 1. The van der Waals surface area contributed by atoms with Gasteiger partial charge < -0.3 is 19.6 Å². The molecule has 0 radical (unpaired) electrons. The normalized spacial score (nSPS) is 10.8. The van der Waals surface area contributed by atoms with Gasteiger partial charge in [-0.15, -0.1) is 0 Å². The van der Waals surface area contributed by atoms with Crippen molar-refractivity contribution in [2.24, 2.45) is 0 Å². The lowest BCUT2D eigenvalue weighted by atomic mass is 10.0. The highest BCUT2D eigenvalue weighted by Gasteiger charge is 2.18. The van der Waals surface area contributed by atoms with Crippen LogP contribution in [-0.2, 0) is 11.2 Å². The third-order valence-corrected chi connectivity index (χ3v) is 3.89. The van der Waals surface area contributed by atoms with Crippen molar-refractivity contribution in [3.8, 4) is 22.8 Å². The van der Waals surface area contributed by atoms with Crippen LogP contribution in [0.3, 0.4) is 0 Å². The van der Waals surface area contributed by atoms with E-state index >= 15 is 0 Å². The lowest BCUT2D eigenvalue weighted by molar-refractivity contribution is -0.136. The molecule has 0 unspecified atom stereocenters. The molecule has 0 atom stereocenters. The monoisotopic (exact) mass is 325 g/mol. The predicted molar refractivity (Wildman–Crippen MR) is 92.8 cm³/mol. The fourth-order valence-electron chi connectivity index (χ4n) is 2.90. The molecule has 5 nitrogen and oxygen atoms in total. The molecule has 0 aliphatic heterocycles. The van der Waals surface area contributed by atoms with E-state index in [0.29, 0.717) is 12.4 Å². The molecule has 0 spiro atoms. The van der Waals surface area contributed by atoms with Gasteiger partial charge in [-0.25, -0.2) is 0 Å². The van der Waals surface area contributed by atoms with Crippen molar-refractivity contribution in [2.75, 3.05) is 13.7 Å². The van der Waals surface area contributed by atoms with Crippen molar-refractivity contribution in [3.63, 3.8) is 0 Å². The zero-order chi connectivity index (χ0) is 17.1. The minimum absolute atomic E-state index is 0.0804. The van der Waals surface area contributed by atoms with Crippen LogP contribution in [0.15, 0.2) is 42.5 Å². The zero-order valence-corrected chi connectivity index (χ0v) is 13.6. The summed E-state index contributed by atoms with van der Waals surface area (Å²) in [6.45, 7) is 2.48. The number of H-pyrrole nitrogens is 1. The van der Waals surface area contributed by atoms with Crippen LogP contribution in [0.5, 0.6) is 11.5 Å². The Bertz CT molecular complexity index is 882. The quantitative estimate of drug-likeness (QED) is 0.722. The van der Waals surface area contributed by atoms with E-state index in [1.54, 1.807) is 7.11 Å². The second kappa shape index (κ2) is 6.66. The molecule has 3 aromatic rings. The Labute approximate surface area is 139 Å². The molecule has 0 aliphatic rings. The third kappa shape index (κ3) is 2.93. The summed E-state index contributed by atoms with van der Waals surface area (Å²) in [5.74, 6) is 0.539. The summed E-state index contributed by atoms with van der Waals surface area (Å²) in [5, 5.41) is 10.2. The standard InChI is InChI=1S/C19H19NO4/c1-3-24-12-8-9-16-14(10-12)15(11-18(21)22)19(20-16)13-6-4-5-7-17(13)23-2/h4-10,20H,3,11H2,1-2H3,(H,21,22). The second-order valence-corrected chi connectivity index (χ2v) is 5.39. The van der Waals surface area contributed by atoms with E-state index in [9.17, 15) is 9.90 Å². The maximum Gasteiger partial charge on any atom is 0.307 e. The summed E-state index contributed by atoms with van der Waals surface area (Å²) in [6, 6.07) is 13.2. The van der Waals surface area contributed by atoms with E-state index in [2.05, 4.69) is 4.98 Å². The first-order valence-electron chi connectivity index (χ1n) is 7.76. The largest absolute Gasteiger partial charge is 0.496 e. The number of aliphatic carboxylic acids is 1. The van der Waals surface area contributed by atoms with Crippen LogP contribution in [0.25, 0.3) is 22.2 Å². The fraction of sp³-hybridized carbons (Fsp3) is 0.211. The van der Waals surface area contributed by atoms with Crippen LogP contribution < -0.4 is 9.47 Å². The number of rotatable bonds is 6. The number of carboxylic acid groups (broad SMARTS) is 1. The van der Waals surface area contributed by atoms with Crippen LogP contribution in [-0.4, -0.2) is 29.8 Å². The zero-order valence-electron chi connectivity index (χ0n) is 13.6. The molecule has 124 valence electrons. The van der Waals surface area contributed by atoms with Gasteiger partial charge in [0, 0.05) is 16.5 Å². The first-order valence-corrected chi connectivity index (χ1v) is 7.76. The molecular formula is C19H19NO4. The maximum atomic E-state index is 11.4. The molecule has 2 N–H and O–H groups in total. The first kappa shape index (κ1) is 15.9. The molecule has 1 heterocycles. The van der Waals surface area contributed by atoms with E-state index in [-0.39, 0.29) is 6.42 Å². The fourth-order valence-corrected chi connectivity index (χ4v) is 2.90. The van der Waals surface area contributed by atoms with Crippen molar-refractivity contribution in [3.05, 3.63) is 48.0 Å². The molecule has 0 aliphatic carbocycles. The molecule has 0 bridgehead atoms. The minimum atomic E-state index is -0.881. The van der Waals surface area contributed by atoms with Gasteiger partial charge in [-0.05, 0) is 42.8 Å². The van der Waals surface area contributed by atoms with Crippen molar-refractivity contribution in [2.45, 2.75) is 13.3 Å². The van der Waals surface area contributed by atoms with Crippen LogP contribution in [0.2, 0.25) is 0 Å². The molecule has 5 heteroatoms. The van der Waals surface area contributed by atoms with Gasteiger partial charge in [0.25, 0.3) is 0 Å². The predicted octanol–water partition coefficient (Wildman–Crippen LogP) is 3.87. The van der Waals surface area contributed by atoms with Crippen LogP contribution >= 0.6 is 0 Å². The average molecular weight is 325 g/mol. The number of methoxy groups -OCH3 is 1. The molecule has 0 fully saturated rings. The van der Waals surface area contributed by atoms with Gasteiger partial charge in [0.1, 0.15) is 11.5 Å². The van der Waals surface area contributed by atoms with Crippen molar-refractivity contribution in [1.29, 1.82) is 0 Å². The minimum Gasteiger partial charge on any atom is -0.496 e. The van der Waals surface area contributed by atoms with Crippen LogP contribution in [0.1, 0.15) is 12.5 Å². The summed E-state index contributed by atoms with van der Waals surface area (Å²) in [5.41, 5.74) is 3.20. The number of nitrogens with one attached hydrogen (secondary N) is 1. The van der Waals surface area contributed by atoms with Crippen molar-refractivity contribution < 1.29 is 19.4 Å². The van der Waals surface area contributed by atoms with Gasteiger partial charge in [0.15, 0.2) is 0 Å². The van der Waals surface area contributed by atoms with Gasteiger partial charge >= 0.3 is 5.97 Å². The highest BCUT2D eigenvalue weighted by Crippen LogP contribution is 2.37. The number of carboxylic acids is 1. The molecular weight excluding hydrogens is 306 g/mol. The third-order valence-electron chi connectivity index (χ3n) is 3.89. The van der Waals surface area contributed by atoms with Gasteiger partial charge in [-0.2, -0.15) is 0 Å². The smallest absolute Gasteiger partial charge is 0.307 e. The van der Waals surface area contributed by atoms with E-state index < -0.39 is 5.97 Å². The van der Waals surface area contributed by atoms with Gasteiger partial charge in [0.05, 0.1) is 25.8 Å². The number of para-hydroxylation sites is 1. The van der Waals surface area contributed by atoms with E-state index in [1.807, 2.05) is 49.4 Å². The highest BCUT2D eigenvalue weighted by atomic mass is 16.5. The number of hydrogen-bond acceptors (Lipinski definition) is 3. The Kier molecular flexibility index (Phi) is 4.42. The summed E-state index contributed by atoms with van der Waals surface area (Å²) in [6.07, 6.45) is -0.0804. The molecule has 0 saturated carbocycles.